The number of aromatic amines is 1. The van der Waals surface area contributed by atoms with Gasteiger partial charge in [0.1, 0.15) is 10.7 Å². The highest BCUT2D eigenvalue weighted by molar-refractivity contribution is 7.99. The van der Waals surface area contributed by atoms with Crippen LogP contribution in [0.15, 0.2) is 27.7 Å². The summed E-state index contributed by atoms with van der Waals surface area (Å²) in [5, 5.41) is 7.82. The SMILES string of the molecule is C[C@@H]1CCCC[C@H]1NC(=O)CSCc1nc2scc(-c3cccs3)c2c(=O)[nH]1. The summed E-state index contributed by atoms with van der Waals surface area (Å²) in [6.45, 7) is 2.21. The second kappa shape index (κ2) is 8.80. The van der Waals surface area contributed by atoms with Gasteiger partial charge in [-0.15, -0.1) is 34.4 Å². The van der Waals surface area contributed by atoms with E-state index in [1.54, 1.807) is 11.3 Å². The molecule has 0 aromatic carbocycles. The van der Waals surface area contributed by atoms with Crippen molar-refractivity contribution in [1.82, 2.24) is 15.3 Å². The lowest BCUT2D eigenvalue weighted by Crippen LogP contribution is -2.41. The number of carbonyl (C=O) groups excluding carboxylic acids is 1. The molecule has 4 rings (SSSR count). The number of thioether (sulfide) groups is 1. The molecule has 3 aromatic rings. The average Bonchev–Trinajstić information content (AvgIpc) is 3.33. The Hall–Kier alpha value is -1.64. The van der Waals surface area contributed by atoms with Gasteiger partial charge in [0.15, 0.2) is 0 Å². The number of hydrogen-bond acceptors (Lipinski definition) is 6. The molecule has 1 fully saturated rings. The zero-order valence-corrected chi connectivity index (χ0v) is 18.1. The van der Waals surface area contributed by atoms with Gasteiger partial charge in [-0.3, -0.25) is 9.59 Å². The molecule has 0 saturated heterocycles. The molecule has 1 saturated carbocycles. The van der Waals surface area contributed by atoms with Crippen molar-refractivity contribution in [1.29, 1.82) is 0 Å². The number of thiophene rings is 2. The molecule has 3 aromatic heterocycles. The van der Waals surface area contributed by atoms with Crippen LogP contribution in [-0.2, 0) is 10.5 Å². The van der Waals surface area contributed by atoms with Crippen molar-refractivity contribution in [3.8, 4) is 10.4 Å². The number of H-pyrrole nitrogens is 1. The third kappa shape index (κ3) is 4.34. The zero-order valence-electron chi connectivity index (χ0n) is 15.7. The molecule has 2 atom stereocenters. The molecular weight excluding hydrogens is 410 g/mol. The van der Waals surface area contributed by atoms with Gasteiger partial charge in [0.2, 0.25) is 5.91 Å². The zero-order chi connectivity index (χ0) is 19.5. The molecule has 0 bridgehead atoms. The minimum Gasteiger partial charge on any atom is -0.352 e. The van der Waals surface area contributed by atoms with Gasteiger partial charge in [-0.05, 0) is 30.2 Å². The molecule has 148 valence electrons. The molecule has 3 heterocycles. The number of fused-ring (bicyclic) bond motifs is 1. The van der Waals surface area contributed by atoms with Gasteiger partial charge in [0, 0.05) is 21.9 Å². The predicted octanol–water partition coefficient (Wildman–Crippen LogP) is 4.64. The predicted molar refractivity (Wildman–Crippen MR) is 119 cm³/mol. The molecule has 0 radical (unpaired) electrons. The fraction of sp³-hybridized carbons (Fsp3) is 0.450. The molecule has 28 heavy (non-hydrogen) atoms. The Morgan fingerprint density at radius 2 is 2.21 bits per heavy atom. The summed E-state index contributed by atoms with van der Waals surface area (Å²) < 4.78 is 0. The van der Waals surface area contributed by atoms with Crippen LogP contribution in [0.4, 0.5) is 0 Å². The molecule has 1 aliphatic rings. The Bertz CT molecular complexity index is 1010. The smallest absolute Gasteiger partial charge is 0.260 e. The van der Waals surface area contributed by atoms with Crippen molar-refractivity contribution >= 4 is 50.6 Å². The molecule has 0 aliphatic heterocycles. The van der Waals surface area contributed by atoms with E-state index in [2.05, 4.69) is 22.2 Å². The molecule has 8 heteroatoms. The number of carbonyl (C=O) groups is 1. The Labute approximate surface area is 176 Å². The van der Waals surface area contributed by atoms with E-state index < -0.39 is 0 Å². The number of nitrogens with zero attached hydrogens (tertiary/aromatic N) is 1. The van der Waals surface area contributed by atoms with Crippen molar-refractivity contribution in [2.45, 2.75) is 44.4 Å². The van der Waals surface area contributed by atoms with Crippen LogP contribution in [0.2, 0.25) is 0 Å². The van der Waals surface area contributed by atoms with Crippen LogP contribution in [0.25, 0.3) is 20.7 Å². The lowest BCUT2D eigenvalue weighted by molar-refractivity contribution is -0.119. The Balaban J connectivity index is 1.37. The Kier molecular flexibility index (Phi) is 6.18. The Morgan fingerprint density at radius 3 is 3.00 bits per heavy atom. The summed E-state index contributed by atoms with van der Waals surface area (Å²) in [6, 6.07) is 4.30. The molecular formula is C20H23N3O2S3. The lowest BCUT2D eigenvalue weighted by atomic mass is 9.86. The summed E-state index contributed by atoms with van der Waals surface area (Å²) in [4.78, 5) is 34.2. The van der Waals surface area contributed by atoms with E-state index in [1.165, 1.54) is 42.4 Å². The number of hydrogen-bond donors (Lipinski definition) is 2. The van der Waals surface area contributed by atoms with Gasteiger partial charge in [-0.2, -0.15) is 0 Å². The van der Waals surface area contributed by atoms with E-state index in [0.29, 0.717) is 34.7 Å². The molecule has 5 nitrogen and oxygen atoms in total. The van der Waals surface area contributed by atoms with Crippen molar-refractivity contribution in [2.75, 3.05) is 5.75 Å². The second-order valence-corrected chi connectivity index (χ2v) is 10.0. The summed E-state index contributed by atoms with van der Waals surface area (Å²) in [7, 11) is 0. The van der Waals surface area contributed by atoms with Gasteiger partial charge in [0.25, 0.3) is 5.56 Å². The van der Waals surface area contributed by atoms with Crippen LogP contribution in [-0.4, -0.2) is 27.7 Å². The maximum atomic E-state index is 12.6. The lowest BCUT2D eigenvalue weighted by Gasteiger charge is -2.29. The van der Waals surface area contributed by atoms with Crippen molar-refractivity contribution in [2.24, 2.45) is 5.92 Å². The molecule has 0 unspecified atom stereocenters. The normalized spacial score (nSPS) is 19.8. The van der Waals surface area contributed by atoms with E-state index >= 15 is 0 Å². The number of rotatable bonds is 6. The fourth-order valence-electron chi connectivity index (χ4n) is 3.69. The molecule has 1 amide bonds. The monoisotopic (exact) mass is 433 g/mol. The second-order valence-electron chi connectivity index (χ2n) is 7.25. The maximum Gasteiger partial charge on any atom is 0.260 e. The highest BCUT2D eigenvalue weighted by Crippen LogP contribution is 2.33. The first-order valence-electron chi connectivity index (χ1n) is 9.53. The van der Waals surface area contributed by atoms with Crippen LogP contribution >= 0.6 is 34.4 Å². The van der Waals surface area contributed by atoms with Gasteiger partial charge >= 0.3 is 0 Å². The topological polar surface area (TPSA) is 74.8 Å². The third-order valence-electron chi connectivity index (χ3n) is 5.21. The van der Waals surface area contributed by atoms with Crippen LogP contribution < -0.4 is 10.9 Å². The van der Waals surface area contributed by atoms with Crippen molar-refractivity contribution < 1.29 is 4.79 Å². The molecule has 1 aliphatic carbocycles. The molecule has 2 N–H and O–H groups in total. The van der Waals surface area contributed by atoms with Crippen LogP contribution in [0.1, 0.15) is 38.4 Å². The highest BCUT2D eigenvalue weighted by Gasteiger charge is 2.22. The largest absolute Gasteiger partial charge is 0.352 e. The van der Waals surface area contributed by atoms with Crippen LogP contribution in [0.5, 0.6) is 0 Å². The first kappa shape index (κ1) is 19.7. The average molecular weight is 434 g/mol. The maximum absolute atomic E-state index is 12.6. The summed E-state index contributed by atoms with van der Waals surface area (Å²) in [5.41, 5.74) is 0.842. The van der Waals surface area contributed by atoms with Crippen LogP contribution in [0, 0.1) is 5.92 Å². The highest BCUT2D eigenvalue weighted by atomic mass is 32.2. The van der Waals surface area contributed by atoms with Gasteiger partial charge in [-0.25, -0.2) is 4.98 Å². The van der Waals surface area contributed by atoms with Crippen molar-refractivity contribution in [3.05, 3.63) is 39.1 Å². The van der Waals surface area contributed by atoms with E-state index in [0.717, 1.165) is 21.7 Å². The number of nitrogens with one attached hydrogen (secondary N) is 2. The van der Waals surface area contributed by atoms with Crippen LogP contribution in [0.3, 0.4) is 0 Å². The first-order chi connectivity index (χ1) is 13.6. The summed E-state index contributed by atoms with van der Waals surface area (Å²) >= 11 is 4.60. The van der Waals surface area contributed by atoms with E-state index in [4.69, 9.17) is 0 Å². The summed E-state index contributed by atoms with van der Waals surface area (Å²) in [6.07, 6.45) is 4.73. The van der Waals surface area contributed by atoms with E-state index in [1.807, 2.05) is 22.9 Å². The quantitative estimate of drug-likeness (QED) is 0.594. The van der Waals surface area contributed by atoms with Gasteiger partial charge in [0.05, 0.1) is 16.9 Å². The third-order valence-corrected chi connectivity index (χ3v) is 7.93. The minimum absolute atomic E-state index is 0.0725. The van der Waals surface area contributed by atoms with Gasteiger partial charge in [-0.1, -0.05) is 25.8 Å². The molecule has 0 spiro atoms. The standard InChI is InChI=1S/C20H23N3O2S3/c1-12-5-2-3-6-14(12)21-17(24)11-26-10-16-22-19(25)18-13(9-28-20(18)23-16)15-7-4-8-27-15/h4,7-9,12,14H,2-3,5-6,10-11H2,1H3,(H,21,24)(H,22,23,25)/t12-,14-/m1/s1. The fourth-order valence-corrected chi connectivity index (χ4v) is 6.18. The first-order valence-corrected chi connectivity index (χ1v) is 12.4. The number of amides is 1. The minimum atomic E-state index is -0.106. The van der Waals surface area contributed by atoms with Crippen molar-refractivity contribution in [3.63, 3.8) is 0 Å². The van der Waals surface area contributed by atoms with E-state index in [9.17, 15) is 9.59 Å². The Morgan fingerprint density at radius 1 is 1.36 bits per heavy atom. The number of aromatic nitrogens is 2. The summed E-state index contributed by atoms with van der Waals surface area (Å²) in [5.74, 6) is 2.16. The van der Waals surface area contributed by atoms with E-state index in [-0.39, 0.29) is 11.5 Å². The van der Waals surface area contributed by atoms with Gasteiger partial charge < -0.3 is 10.3 Å².